The number of imide groups is 1. The van der Waals surface area contributed by atoms with Gasteiger partial charge >= 0.3 is 0 Å². The minimum Gasteiger partial charge on any atom is -0.302 e. The van der Waals surface area contributed by atoms with Crippen LogP contribution in [0.5, 0.6) is 0 Å². The first-order valence-electron chi connectivity index (χ1n) is 13.8. The molecule has 2 amide bonds. The van der Waals surface area contributed by atoms with E-state index >= 15 is 0 Å². The first kappa shape index (κ1) is 29.9. The quantitative estimate of drug-likeness (QED) is 0.101. The number of rotatable bonds is 20. The number of unbranched alkanes of at least 4 members (excludes halogenated alkanes) is 14. The van der Waals surface area contributed by atoms with Crippen LogP contribution in [0.4, 0.5) is 0 Å². The molecule has 2 heterocycles. The molecule has 2 aliphatic rings. The van der Waals surface area contributed by atoms with Crippen LogP contribution >= 0.6 is 35.7 Å². The van der Waals surface area contributed by atoms with E-state index in [1.54, 1.807) is 23.5 Å². The molecule has 0 bridgehead atoms. The van der Waals surface area contributed by atoms with Crippen LogP contribution in [0.2, 0.25) is 0 Å². The lowest BCUT2D eigenvalue weighted by atomic mass is 10.1. The van der Waals surface area contributed by atoms with Gasteiger partial charge in [-0.2, -0.15) is 5.01 Å². The molecule has 2 rings (SSSR count). The van der Waals surface area contributed by atoms with Crippen molar-refractivity contribution in [2.75, 3.05) is 13.1 Å². The molecule has 2 fully saturated rings. The summed E-state index contributed by atoms with van der Waals surface area (Å²) in [5.74, 6) is 0.00185. The Morgan fingerprint density at radius 1 is 0.824 bits per heavy atom. The van der Waals surface area contributed by atoms with Gasteiger partial charge in [-0.3, -0.25) is 14.5 Å². The summed E-state index contributed by atoms with van der Waals surface area (Å²) in [6.07, 6.45) is 20.4. The molecule has 34 heavy (non-hydrogen) atoms. The van der Waals surface area contributed by atoms with Crippen LogP contribution in [0.1, 0.15) is 123 Å². The maximum absolute atomic E-state index is 12.9. The van der Waals surface area contributed by atoms with Gasteiger partial charge in [0.2, 0.25) is 11.8 Å². The van der Waals surface area contributed by atoms with Crippen molar-refractivity contribution in [1.82, 2.24) is 15.3 Å². The molecule has 5 nitrogen and oxygen atoms in total. The molecule has 2 atom stereocenters. The molecule has 196 valence electrons. The van der Waals surface area contributed by atoms with Gasteiger partial charge in [0.1, 0.15) is 4.71 Å². The molecule has 0 aromatic rings. The van der Waals surface area contributed by atoms with Crippen molar-refractivity contribution in [3.63, 3.8) is 0 Å². The van der Waals surface area contributed by atoms with Crippen molar-refractivity contribution in [2.24, 2.45) is 0 Å². The predicted octanol–water partition coefficient (Wildman–Crippen LogP) is 7.25. The van der Waals surface area contributed by atoms with Gasteiger partial charge in [-0.25, -0.2) is 0 Å². The molecule has 2 saturated heterocycles. The minimum absolute atomic E-state index is 0.00129. The van der Waals surface area contributed by atoms with Gasteiger partial charge in [-0.15, -0.1) is 11.8 Å². The highest BCUT2D eigenvalue weighted by atomic mass is 32.2. The lowest BCUT2D eigenvalue weighted by Crippen LogP contribution is -2.39. The number of hydrogen-bond donors (Lipinski definition) is 1. The second-order valence-corrected chi connectivity index (χ2v) is 13.0. The van der Waals surface area contributed by atoms with Crippen molar-refractivity contribution in [1.29, 1.82) is 0 Å². The maximum atomic E-state index is 12.9. The fourth-order valence-corrected chi connectivity index (χ4v) is 7.76. The van der Waals surface area contributed by atoms with Crippen LogP contribution in [-0.2, 0) is 9.59 Å². The monoisotopic (exact) mass is 529 g/mol. The third kappa shape index (κ3) is 11.2. The highest BCUT2D eigenvalue weighted by molar-refractivity contribution is 8.30. The van der Waals surface area contributed by atoms with Gasteiger partial charge in [0.25, 0.3) is 0 Å². The highest BCUT2D eigenvalue weighted by Crippen LogP contribution is 2.38. The van der Waals surface area contributed by atoms with E-state index in [2.05, 4.69) is 24.3 Å². The first-order valence-corrected chi connectivity index (χ1v) is 16.0. The van der Waals surface area contributed by atoms with E-state index < -0.39 is 0 Å². The number of carbonyl (C=O) groups is 2. The molecule has 0 radical (unpaired) electrons. The molecule has 2 aliphatic heterocycles. The smallest absolute Gasteiger partial charge is 0.242 e. The molecule has 0 saturated carbocycles. The molecule has 0 aliphatic carbocycles. The zero-order valence-corrected chi connectivity index (χ0v) is 24.0. The Morgan fingerprint density at radius 3 is 1.88 bits per heavy atom. The predicted molar refractivity (Wildman–Crippen MR) is 152 cm³/mol. The fraction of sp³-hybridized carbons (Fsp3) is 0.885. The minimum atomic E-state index is -0.275. The Hall–Kier alpha value is -0.310. The Labute approximate surface area is 222 Å². The van der Waals surface area contributed by atoms with Crippen molar-refractivity contribution in [2.45, 2.75) is 133 Å². The summed E-state index contributed by atoms with van der Waals surface area (Å²) < 4.78 is 0.839. The lowest BCUT2D eigenvalue weighted by molar-refractivity contribution is -0.138. The van der Waals surface area contributed by atoms with Crippen LogP contribution < -0.4 is 5.43 Å². The number of hydrazine groups is 1. The Bertz CT molecular complexity index is 620. The molecule has 8 heteroatoms. The van der Waals surface area contributed by atoms with Crippen LogP contribution in [-0.4, -0.2) is 49.1 Å². The maximum Gasteiger partial charge on any atom is 0.242 e. The standard InChI is InChI=1S/C26H47N3O2S3/c1-3-5-7-9-11-13-15-17-19-28-23(30)21-22(24(28)31)33-26-29(27-25(32)34-26)20-18-16-14-12-10-8-6-4-2/h22,26H,3-21H2,1-2H3,(H,27,32). The number of hydrogen-bond acceptors (Lipinski definition) is 6. The summed E-state index contributed by atoms with van der Waals surface area (Å²) in [6.45, 7) is 6.00. The number of likely N-dealkylation sites (tertiary alicyclic amines) is 1. The summed E-state index contributed by atoms with van der Waals surface area (Å²) in [4.78, 5) is 27.0. The van der Waals surface area contributed by atoms with E-state index in [1.807, 2.05) is 0 Å². The summed E-state index contributed by atoms with van der Waals surface area (Å²) in [5.41, 5.74) is 3.30. The highest BCUT2D eigenvalue weighted by Gasteiger charge is 2.42. The van der Waals surface area contributed by atoms with E-state index in [0.29, 0.717) is 13.0 Å². The third-order valence-electron chi connectivity index (χ3n) is 6.67. The molecule has 2 unspecified atom stereocenters. The van der Waals surface area contributed by atoms with Gasteiger partial charge in [0.05, 0.1) is 5.25 Å². The fourth-order valence-electron chi connectivity index (χ4n) is 4.57. The molecular weight excluding hydrogens is 483 g/mol. The van der Waals surface area contributed by atoms with Crippen molar-refractivity contribution < 1.29 is 9.59 Å². The van der Waals surface area contributed by atoms with Gasteiger partial charge in [0, 0.05) is 19.5 Å². The topological polar surface area (TPSA) is 52.7 Å². The van der Waals surface area contributed by atoms with Gasteiger partial charge < -0.3 is 5.43 Å². The van der Waals surface area contributed by atoms with E-state index in [9.17, 15) is 9.59 Å². The second kappa shape index (κ2) is 18.0. The van der Waals surface area contributed by atoms with Crippen LogP contribution in [0.25, 0.3) is 0 Å². The van der Waals surface area contributed by atoms with Crippen molar-refractivity contribution >= 4 is 51.9 Å². The summed E-state index contributed by atoms with van der Waals surface area (Å²) >= 11 is 8.60. The zero-order valence-electron chi connectivity index (χ0n) is 21.5. The average molecular weight is 530 g/mol. The van der Waals surface area contributed by atoms with E-state index in [4.69, 9.17) is 12.2 Å². The summed E-state index contributed by atoms with van der Waals surface area (Å²) in [7, 11) is 0. The SMILES string of the molecule is CCCCCCCCCCN1C(=O)CC(SC2SC(=S)NN2CCCCCCCCCC)C1=O. The van der Waals surface area contributed by atoms with Gasteiger partial charge in [-0.05, 0) is 12.8 Å². The van der Waals surface area contributed by atoms with E-state index in [0.717, 1.165) is 30.1 Å². The molecular formula is C26H47N3O2S3. The van der Waals surface area contributed by atoms with Crippen molar-refractivity contribution in [3.8, 4) is 0 Å². The normalized spacial score (nSPS) is 21.1. The summed E-state index contributed by atoms with van der Waals surface area (Å²) in [6, 6.07) is 0. The zero-order chi connectivity index (χ0) is 24.6. The number of thioether (sulfide) groups is 2. The van der Waals surface area contributed by atoms with E-state index in [-0.39, 0.29) is 21.8 Å². The largest absolute Gasteiger partial charge is 0.302 e. The van der Waals surface area contributed by atoms with Crippen LogP contribution in [0, 0.1) is 0 Å². The Balaban J connectivity index is 1.65. The van der Waals surface area contributed by atoms with Crippen molar-refractivity contribution in [3.05, 3.63) is 0 Å². The van der Waals surface area contributed by atoms with E-state index in [1.165, 1.54) is 88.4 Å². The molecule has 0 aromatic heterocycles. The molecule has 0 aromatic carbocycles. The lowest BCUT2D eigenvalue weighted by Gasteiger charge is -2.23. The van der Waals surface area contributed by atoms with Crippen LogP contribution in [0.15, 0.2) is 0 Å². The Morgan fingerprint density at radius 2 is 1.32 bits per heavy atom. The number of nitrogens with zero attached hydrogens (tertiary/aromatic N) is 2. The first-order chi connectivity index (χ1) is 16.6. The number of nitrogens with one attached hydrogen (secondary N) is 1. The molecule has 1 N–H and O–H groups in total. The summed E-state index contributed by atoms with van der Waals surface area (Å²) in [5, 5.41) is 1.90. The number of amides is 2. The Kier molecular flexibility index (Phi) is 15.9. The average Bonchev–Trinajstić information content (AvgIpc) is 3.30. The number of thiocarbonyl (C=S) groups is 1. The van der Waals surface area contributed by atoms with Crippen LogP contribution in [0.3, 0.4) is 0 Å². The van der Waals surface area contributed by atoms with Gasteiger partial charge in [0.15, 0.2) is 4.32 Å². The third-order valence-corrected chi connectivity index (χ3v) is 9.62. The molecule has 0 spiro atoms. The number of carbonyl (C=O) groups excluding carboxylic acids is 2. The van der Waals surface area contributed by atoms with Gasteiger partial charge in [-0.1, -0.05) is 128 Å². The second-order valence-electron chi connectivity index (χ2n) is 9.68.